The number of aryl methyl sites for hydroxylation is 2. The van der Waals surface area contributed by atoms with Crippen molar-refractivity contribution in [3.8, 4) is 34.6 Å². The minimum atomic E-state index is -3.80. The van der Waals surface area contributed by atoms with Gasteiger partial charge in [0.1, 0.15) is 11.4 Å². The van der Waals surface area contributed by atoms with E-state index in [0.29, 0.717) is 28.8 Å². The van der Waals surface area contributed by atoms with Crippen molar-refractivity contribution in [2.24, 2.45) is 26.2 Å². The molecule has 0 unspecified atom stereocenters. The summed E-state index contributed by atoms with van der Waals surface area (Å²) in [6, 6.07) is 24.2. The Kier molecular flexibility index (Phi) is 18.2. The van der Waals surface area contributed by atoms with Crippen molar-refractivity contribution in [1.29, 1.82) is 0 Å². The van der Waals surface area contributed by atoms with Gasteiger partial charge < -0.3 is 26.2 Å². The maximum absolute atomic E-state index is 12.6. The fourth-order valence-electron chi connectivity index (χ4n) is 5.16. The molecule has 2 heterocycles. The topological polar surface area (TPSA) is 296 Å². The molecular formula is C41H48CoN11O8S2. The van der Waals surface area contributed by atoms with Gasteiger partial charge in [0.25, 0.3) is 0 Å². The molecule has 6 rings (SSSR count). The quantitative estimate of drug-likeness (QED) is 0.132. The van der Waals surface area contributed by atoms with Crippen LogP contribution in [0, 0.1) is 13.8 Å². The molecule has 0 fully saturated rings. The third-order valence-electron chi connectivity index (χ3n) is 7.76. The smallest absolute Gasteiger partial charge is 0.871 e. The molecule has 0 aliphatic rings. The number of hydrogen-bond acceptors (Lipinski definition) is 15. The Morgan fingerprint density at radius 1 is 0.571 bits per heavy atom. The van der Waals surface area contributed by atoms with Gasteiger partial charge in [0, 0.05) is 23.8 Å². The fraction of sp³-hybridized carbons (Fsp3) is 0.268. The molecule has 0 saturated carbocycles. The van der Waals surface area contributed by atoms with Crippen LogP contribution in [0.3, 0.4) is 0 Å². The summed E-state index contributed by atoms with van der Waals surface area (Å²) in [6.45, 7) is 13.8. The summed E-state index contributed by atoms with van der Waals surface area (Å²) in [6.07, 6.45) is 0. The van der Waals surface area contributed by atoms with E-state index in [9.17, 15) is 37.3 Å². The van der Waals surface area contributed by atoms with Crippen LogP contribution in [0.2, 0.25) is 0 Å². The van der Waals surface area contributed by atoms with E-state index < -0.39 is 43.3 Å². The zero-order valence-corrected chi connectivity index (χ0v) is 38.2. The van der Waals surface area contributed by atoms with Crippen LogP contribution in [0.1, 0.15) is 54.4 Å². The molecule has 6 aromatic rings. The molecule has 0 amide bonds. The Hall–Kier alpha value is -6.01. The molecular weight excluding hydrogens is 898 g/mol. The molecule has 0 atom stereocenters. The number of para-hydroxylation sites is 2. The molecule has 22 heteroatoms. The first-order valence-electron chi connectivity index (χ1n) is 19.0. The molecule has 4 N–H and O–H groups in total. The van der Waals surface area contributed by atoms with Gasteiger partial charge in [-0.1, -0.05) is 73.9 Å². The van der Waals surface area contributed by atoms with Gasteiger partial charge in [-0.05, 0) is 96.1 Å². The Labute approximate surface area is 378 Å². The van der Waals surface area contributed by atoms with E-state index in [0.717, 1.165) is 24.3 Å². The minimum absolute atomic E-state index is 0. The van der Waals surface area contributed by atoms with E-state index in [4.69, 9.17) is 5.73 Å². The SMILES string of the molecule is CC(C)N.Cc1nn(-c2ccccc2)c([O-])c1N=Nc1cc(S(=O)(=O)NC(C)C)ccc1[O-].Cc1nn(-c2ccccc2)c([O-])c1N=Nc1cc(S(=O)(=O)NC(C)C)ccc1[O-].[Co+3].[H+]. The summed E-state index contributed by atoms with van der Waals surface area (Å²) in [7, 11) is -7.60. The molecule has 63 heavy (non-hydrogen) atoms. The molecule has 19 nitrogen and oxygen atoms in total. The number of azo groups is 2. The molecule has 0 spiro atoms. The summed E-state index contributed by atoms with van der Waals surface area (Å²) >= 11 is 0. The van der Waals surface area contributed by atoms with Crippen molar-refractivity contribution >= 4 is 42.8 Å². The molecule has 0 aliphatic carbocycles. The van der Waals surface area contributed by atoms with Crippen LogP contribution in [0.5, 0.6) is 23.3 Å². The molecule has 0 bridgehead atoms. The van der Waals surface area contributed by atoms with Gasteiger partial charge in [0.2, 0.25) is 20.0 Å². The average molecular weight is 946 g/mol. The molecule has 0 radical (unpaired) electrons. The predicted octanol–water partition coefficient (Wildman–Crippen LogP) is 5.32. The first-order valence-corrected chi connectivity index (χ1v) is 22.0. The van der Waals surface area contributed by atoms with Crippen molar-refractivity contribution in [2.45, 2.75) is 83.3 Å². The van der Waals surface area contributed by atoms with Gasteiger partial charge in [-0.15, -0.1) is 10.2 Å². The molecule has 4 aromatic carbocycles. The van der Waals surface area contributed by atoms with Crippen molar-refractivity contribution in [2.75, 3.05) is 0 Å². The summed E-state index contributed by atoms with van der Waals surface area (Å²) < 4.78 is 56.4. The Morgan fingerprint density at radius 3 is 1.19 bits per heavy atom. The van der Waals surface area contributed by atoms with Crippen LogP contribution in [0.4, 0.5) is 22.7 Å². The number of nitrogens with one attached hydrogen (secondary N) is 2. The van der Waals surface area contributed by atoms with Gasteiger partial charge in [-0.2, -0.15) is 20.4 Å². The normalized spacial score (nSPS) is 11.7. The third kappa shape index (κ3) is 14.0. The molecule has 0 saturated heterocycles. The average Bonchev–Trinajstić information content (AvgIpc) is 3.65. The Morgan fingerprint density at radius 2 is 0.889 bits per heavy atom. The van der Waals surface area contributed by atoms with E-state index in [1.807, 2.05) is 26.0 Å². The maximum atomic E-state index is 12.6. The predicted molar refractivity (Wildman–Crippen MR) is 227 cm³/mol. The van der Waals surface area contributed by atoms with Crippen LogP contribution >= 0.6 is 0 Å². The first kappa shape index (κ1) is 51.3. The number of nitrogens with two attached hydrogens (primary N) is 1. The second kappa shape index (κ2) is 22.4. The van der Waals surface area contributed by atoms with Crippen molar-refractivity contribution in [3.63, 3.8) is 0 Å². The van der Waals surface area contributed by atoms with E-state index in [1.165, 1.54) is 21.5 Å². The van der Waals surface area contributed by atoms with Crippen LogP contribution in [0.25, 0.3) is 11.4 Å². The standard InChI is InChI=1S/2C19H21N5O4S.C3H9N.Co/c2*1-12(2)23-29(27,28)15-9-10-17(25)16(11-15)20-21-18-13(3)22-24(19(18)26)14-7-5-4-6-8-14;1-3(2)4;/h2*4-12,23,25-26H,1-3H3;3H,4H2,1-2H3;/q;;;+3/p-3. The number of benzene rings is 4. The van der Waals surface area contributed by atoms with Crippen LogP contribution in [-0.4, -0.2) is 54.5 Å². The first-order chi connectivity index (χ1) is 29.1. The van der Waals surface area contributed by atoms with Crippen LogP contribution in [0.15, 0.2) is 127 Å². The second-order valence-corrected chi connectivity index (χ2v) is 17.9. The van der Waals surface area contributed by atoms with E-state index >= 15 is 0 Å². The number of nitrogens with zero attached hydrogens (tertiary/aromatic N) is 8. The number of rotatable bonds is 12. The summed E-state index contributed by atoms with van der Waals surface area (Å²) in [5.74, 6) is -2.01. The van der Waals surface area contributed by atoms with E-state index in [2.05, 4.69) is 40.1 Å². The van der Waals surface area contributed by atoms with Gasteiger partial charge in [-0.3, -0.25) is 0 Å². The zero-order valence-electron chi connectivity index (χ0n) is 36.5. The van der Waals surface area contributed by atoms with E-state index in [1.54, 1.807) is 90.1 Å². The van der Waals surface area contributed by atoms with Gasteiger partial charge in [0.05, 0.1) is 43.9 Å². The summed E-state index contributed by atoms with van der Waals surface area (Å²) in [4.78, 5) is -0.224. The van der Waals surface area contributed by atoms with Crippen LogP contribution in [-0.2, 0) is 36.8 Å². The Balaban J connectivity index is 0.000000395. The monoisotopic (exact) mass is 945 g/mol. The van der Waals surface area contributed by atoms with E-state index in [-0.39, 0.29) is 62.8 Å². The summed E-state index contributed by atoms with van der Waals surface area (Å²) in [5, 5.41) is 73.1. The molecule has 0 aliphatic heterocycles. The largest absolute Gasteiger partial charge is 3.00 e. The minimum Gasteiger partial charge on any atom is -0.871 e. The number of aromatic nitrogens is 4. The number of sulfonamides is 2. The second-order valence-electron chi connectivity index (χ2n) is 14.4. The fourth-order valence-corrected chi connectivity index (χ4v) is 7.71. The van der Waals surface area contributed by atoms with Gasteiger partial charge in [-0.25, -0.2) is 35.6 Å². The summed E-state index contributed by atoms with van der Waals surface area (Å²) in [5.41, 5.74) is 6.48. The van der Waals surface area contributed by atoms with Gasteiger partial charge >= 0.3 is 18.2 Å². The van der Waals surface area contributed by atoms with Crippen LogP contribution < -0.4 is 35.6 Å². The van der Waals surface area contributed by atoms with Crippen molar-refractivity contribution in [1.82, 2.24) is 29.0 Å². The zero-order chi connectivity index (χ0) is 45.9. The van der Waals surface area contributed by atoms with Crippen molar-refractivity contribution in [3.05, 3.63) is 108 Å². The Bertz CT molecular complexity index is 2560. The van der Waals surface area contributed by atoms with Gasteiger partial charge in [0.15, 0.2) is 0 Å². The third-order valence-corrected chi connectivity index (χ3v) is 11.1. The maximum Gasteiger partial charge on any atom is 3.00 e. The number of hydrogen-bond donors (Lipinski definition) is 3. The van der Waals surface area contributed by atoms with Crippen molar-refractivity contribution < 1.29 is 55.5 Å². The molecule has 2 aromatic heterocycles. The molecule has 336 valence electrons.